The molecule has 1 nitrogen and oxygen atoms in total. The average Bonchev–Trinajstić information content (AvgIpc) is 2.53. The Balaban J connectivity index is 2.79. The van der Waals surface area contributed by atoms with Gasteiger partial charge in [0.15, 0.2) is 0 Å². The Morgan fingerprint density at radius 2 is 2.00 bits per heavy atom. The van der Waals surface area contributed by atoms with Crippen LogP contribution >= 0.6 is 0 Å². The van der Waals surface area contributed by atoms with Crippen LogP contribution in [0.3, 0.4) is 0 Å². The SMILES string of the molecule is C#C/C=C\c1c(C)oc2c(C)cc(C)cc12. The molecule has 0 spiro atoms. The van der Waals surface area contributed by atoms with E-state index in [0.29, 0.717) is 0 Å². The predicted molar refractivity (Wildman–Crippen MR) is 68.3 cm³/mol. The van der Waals surface area contributed by atoms with Gasteiger partial charge in [-0.15, -0.1) is 6.42 Å². The number of fused-ring (bicyclic) bond motifs is 1. The number of rotatable bonds is 1. The second kappa shape index (κ2) is 3.90. The van der Waals surface area contributed by atoms with Crippen LogP contribution in [0.4, 0.5) is 0 Å². The van der Waals surface area contributed by atoms with Crippen molar-refractivity contribution in [2.75, 3.05) is 0 Å². The number of furan rings is 1. The monoisotopic (exact) mass is 210 g/mol. The van der Waals surface area contributed by atoms with Crippen LogP contribution in [0.2, 0.25) is 0 Å². The van der Waals surface area contributed by atoms with E-state index in [2.05, 4.69) is 31.9 Å². The van der Waals surface area contributed by atoms with Gasteiger partial charge in [-0.05, 0) is 50.1 Å². The highest BCUT2D eigenvalue weighted by atomic mass is 16.3. The summed E-state index contributed by atoms with van der Waals surface area (Å²) in [6, 6.07) is 4.26. The second-order valence-corrected chi connectivity index (χ2v) is 4.03. The average molecular weight is 210 g/mol. The fourth-order valence-corrected chi connectivity index (χ4v) is 2.03. The Morgan fingerprint density at radius 1 is 1.25 bits per heavy atom. The van der Waals surface area contributed by atoms with Crippen LogP contribution in [0.1, 0.15) is 22.5 Å². The first-order chi connectivity index (χ1) is 7.63. The summed E-state index contributed by atoms with van der Waals surface area (Å²) in [7, 11) is 0. The molecule has 1 heteroatoms. The molecular formula is C15H14O. The van der Waals surface area contributed by atoms with Gasteiger partial charge < -0.3 is 4.42 Å². The summed E-state index contributed by atoms with van der Waals surface area (Å²) >= 11 is 0. The first-order valence-electron chi connectivity index (χ1n) is 5.26. The standard InChI is InChI=1S/C15H14O/c1-5-6-7-13-12(4)16-15-11(3)8-10(2)9-14(13)15/h1,6-9H,2-4H3/b7-6-. The minimum Gasteiger partial charge on any atom is -0.460 e. The lowest BCUT2D eigenvalue weighted by molar-refractivity contribution is 0.575. The summed E-state index contributed by atoms with van der Waals surface area (Å²) in [5.41, 5.74) is 4.44. The Morgan fingerprint density at radius 3 is 2.69 bits per heavy atom. The molecule has 0 aliphatic rings. The molecule has 1 aromatic carbocycles. The lowest BCUT2D eigenvalue weighted by atomic mass is 10.0. The van der Waals surface area contributed by atoms with Gasteiger partial charge in [-0.3, -0.25) is 0 Å². The Hall–Kier alpha value is -1.94. The molecule has 0 fully saturated rings. The molecule has 1 aromatic heterocycles. The Labute approximate surface area is 95.8 Å². The fraction of sp³-hybridized carbons (Fsp3) is 0.200. The molecule has 2 aromatic rings. The van der Waals surface area contributed by atoms with Crippen LogP contribution in [0.25, 0.3) is 17.0 Å². The quantitative estimate of drug-likeness (QED) is 0.648. The maximum atomic E-state index is 5.76. The van der Waals surface area contributed by atoms with Gasteiger partial charge in [0.2, 0.25) is 0 Å². The van der Waals surface area contributed by atoms with Gasteiger partial charge in [0, 0.05) is 10.9 Å². The fourth-order valence-electron chi connectivity index (χ4n) is 2.03. The van der Waals surface area contributed by atoms with Gasteiger partial charge in [0.05, 0.1) is 0 Å². The maximum Gasteiger partial charge on any atom is 0.137 e. The lowest BCUT2D eigenvalue weighted by Crippen LogP contribution is -1.78. The number of allylic oxidation sites excluding steroid dienone is 1. The zero-order chi connectivity index (χ0) is 11.7. The van der Waals surface area contributed by atoms with E-state index in [0.717, 1.165) is 22.3 Å². The van der Waals surface area contributed by atoms with Crippen molar-refractivity contribution in [3.8, 4) is 12.3 Å². The number of terminal acetylenes is 1. The first kappa shape index (κ1) is 10.6. The molecule has 0 aliphatic carbocycles. The molecule has 1 heterocycles. The van der Waals surface area contributed by atoms with Crippen LogP contribution in [0.15, 0.2) is 22.6 Å². The molecule has 0 radical (unpaired) electrons. The van der Waals surface area contributed by atoms with E-state index in [-0.39, 0.29) is 0 Å². The molecule has 0 unspecified atom stereocenters. The third-order valence-electron chi connectivity index (χ3n) is 2.69. The molecule has 0 aliphatic heterocycles. The van der Waals surface area contributed by atoms with E-state index in [1.165, 1.54) is 11.1 Å². The van der Waals surface area contributed by atoms with E-state index in [9.17, 15) is 0 Å². The highest BCUT2D eigenvalue weighted by Crippen LogP contribution is 2.30. The minimum absolute atomic E-state index is 0.912. The van der Waals surface area contributed by atoms with Crippen molar-refractivity contribution in [1.29, 1.82) is 0 Å². The zero-order valence-electron chi connectivity index (χ0n) is 9.79. The van der Waals surface area contributed by atoms with Crippen molar-refractivity contribution in [2.45, 2.75) is 20.8 Å². The number of hydrogen-bond donors (Lipinski definition) is 0. The van der Waals surface area contributed by atoms with Gasteiger partial charge in [0.25, 0.3) is 0 Å². The summed E-state index contributed by atoms with van der Waals surface area (Å²) < 4.78 is 5.76. The molecule has 16 heavy (non-hydrogen) atoms. The lowest BCUT2D eigenvalue weighted by Gasteiger charge is -1.97. The van der Waals surface area contributed by atoms with Crippen molar-refractivity contribution >= 4 is 17.0 Å². The van der Waals surface area contributed by atoms with Crippen molar-refractivity contribution in [1.82, 2.24) is 0 Å². The van der Waals surface area contributed by atoms with Crippen LogP contribution in [-0.2, 0) is 0 Å². The van der Waals surface area contributed by atoms with Crippen LogP contribution in [-0.4, -0.2) is 0 Å². The largest absolute Gasteiger partial charge is 0.460 e. The van der Waals surface area contributed by atoms with E-state index in [4.69, 9.17) is 10.8 Å². The first-order valence-corrected chi connectivity index (χ1v) is 5.26. The van der Waals surface area contributed by atoms with E-state index < -0.39 is 0 Å². The second-order valence-electron chi connectivity index (χ2n) is 4.03. The molecule has 0 saturated carbocycles. The van der Waals surface area contributed by atoms with Gasteiger partial charge in [-0.1, -0.05) is 12.0 Å². The summed E-state index contributed by atoms with van der Waals surface area (Å²) in [4.78, 5) is 0. The summed E-state index contributed by atoms with van der Waals surface area (Å²) in [5.74, 6) is 3.42. The number of benzene rings is 1. The third kappa shape index (κ3) is 1.63. The van der Waals surface area contributed by atoms with Gasteiger partial charge in [0.1, 0.15) is 11.3 Å². The van der Waals surface area contributed by atoms with Crippen molar-refractivity contribution in [3.05, 3.63) is 40.7 Å². The zero-order valence-corrected chi connectivity index (χ0v) is 9.79. The Bertz CT molecular complexity index is 606. The molecule has 0 bridgehead atoms. The highest BCUT2D eigenvalue weighted by molar-refractivity contribution is 5.91. The van der Waals surface area contributed by atoms with Crippen molar-refractivity contribution < 1.29 is 4.42 Å². The van der Waals surface area contributed by atoms with Crippen molar-refractivity contribution in [3.63, 3.8) is 0 Å². The molecule has 0 atom stereocenters. The summed E-state index contributed by atoms with van der Waals surface area (Å²) in [6.07, 6.45) is 8.87. The summed E-state index contributed by atoms with van der Waals surface area (Å²) in [6.45, 7) is 6.11. The smallest absolute Gasteiger partial charge is 0.137 e. The normalized spacial score (nSPS) is 11.1. The molecule has 0 saturated heterocycles. The van der Waals surface area contributed by atoms with Gasteiger partial charge >= 0.3 is 0 Å². The highest BCUT2D eigenvalue weighted by Gasteiger charge is 2.10. The van der Waals surface area contributed by atoms with Crippen LogP contribution in [0.5, 0.6) is 0 Å². The molecular weight excluding hydrogens is 196 g/mol. The molecule has 0 N–H and O–H groups in total. The van der Waals surface area contributed by atoms with E-state index in [1.54, 1.807) is 6.08 Å². The minimum atomic E-state index is 0.912. The van der Waals surface area contributed by atoms with E-state index >= 15 is 0 Å². The van der Waals surface area contributed by atoms with Crippen molar-refractivity contribution in [2.24, 2.45) is 0 Å². The van der Waals surface area contributed by atoms with Crippen LogP contribution in [0, 0.1) is 33.1 Å². The number of aryl methyl sites for hydroxylation is 3. The number of hydrogen-bond acceptors (Lipinski definition) is 1. The molecule has 80 valence electrons. The van der Waals surface area contributed by atoms with Gasteiger partial charge in [-0.25, -0.2) is 0 Å². The Kier molecular flexibility index (Phi) is 2.58. The predicted octanol–water partition coefficient (Wildman–Crippen LogP) is 4.00. The third-order valence-corrected chi connectivity index (χ3v) is 2.69. The topological polar surface area (TPSA) is 13.1 Å². The molecule has 0 amide bonds. The van der Waals surface area contributed by atoms with Gasteiger partial charge in [-0.2, -0.15) is 0 Å². The molecule has 2 rings (SSSR count). The maximum absolute atomic E-state index is 5.76. The summed E-state index contributed by atoms with van der Waals surface area (Å²) in [5, 5.41) is 1.14. The van der Waals surface area contributed by atoms with E-state index in [1.807, 2.05) is 13.0 Å². The van der Waals surface area contributed by atoms with Crippen LogP contribution < -0.4 is 0 Å².